The van der Waals surface area contributed by atoms with Crippen LogP contribution >= 0.6 is 11.8 Å². The molecule has 0 amide bonds. The zero-order valence-corrected chi connectivity index (χ0v) is 10.2. The van der Waals surface area contributed by atoms with Crippen LogP contribution in [0.2, 0.25) is 0 Å². The summed E-state index contributed by atoms with van der Waals surface area (Å²) in [7, 11) is 0. The Balaban J connectivity index is 2.34. The van der Waals surface area contributed by atoms with Crippen LogP contribution in [-0.4, -0.2) is 21.6 Å². The van der Waals surface area contributed by atoms with Gasteiger partial charge in [0.2, 0.25) is 0 Å². The number of thioether (sulfide) groups is 1. The number of hydrogen-bond acceptors (Lipinski definition) is 5. The predicted molar refractivity (Wildman–Crippen MR) is 68.2 cm³/mol. The third-order valence-corrected chi connectivity index (χ3v) is 3.68. The predicted octanol–water partition coefficient (Wildman–Crippen LogP) is 2.07. The molecule has 1 N–H and O–H groups in total. The number of rotatable bonds is 3. The van der Waals surface area contributed by atoms with E-state index in [1.807, 2.05) is 0 Å². The van der Waals surface area contributed by atoms with Crippen molar-refractivity contribution in [2.45, 2.75) is 6.10 Å². The van der Waals surface area contributed by atoms with E-state index in [0.29, 0.717) is 5.75 Å². The molecule has 0 bridgehead atoms. The Bertz CT molecular complexity index is 515. The Hall–Kier alpha value is -1.66. The summed E-state index contributed by atoms with van der Waals surface area (Å²) in [5.74, 6) is -0.386. The van der Waals surface area contributed by atoms with Gasteiger partial charge in [-0.3, -0.25) is 14.9 Å². The summed E-state index contributed by atoms with van der Waals surface area (Å²) in [6.07, 6.45) is 0.258. The molecule has 1 aliphatic heterocycles. The van der Waals surface area contributed by atoms with E-state index in [1.54, 1.807) is 11.5 Å². The molecule has 5 nitrogen and oxygen atoms in total. The van der Waals surface area contributed by atoms with Crippen molar-refractivity contribution >= 4 is 23.2 Å². The van der Waals surface area contributed by atoms with Crippen molar-refractivity contribution in [3.63, 3.8) is 0 Å². The standard InChI is InChI=1S/C12H11NO4S/c14-11-5-6-18-7-9(11)12(15)8-3-1-2-4-10(8)13(16)17/h1-6,9,12,15H,7H2/t9-,12-/m0/s1. The fourth-order valence-corrected chi connectivity index (χ4v) is 2.74. The molecule has 1 aromatic carbocycles. The number of para-hydroxylation sites is 1. The third-order valence-electron chi connectivity index (χ3n) is 2.80. The van der Waals surface area contributed by atoms with Crippen LogP contribution in [0.5, 0.6) is 0 Å². The number of hydrogen-bond donors (Lipinski definition) is 1. The largest absolute Gasteiger partial charge is 0.387 e. The average molecular weight is 265 g/mol. The highest BCUT2D eigenvalue weighted by Crippen LogP contribution is 2.34. The van der Waals surface area contributed by atoms with Crippen LogP contribution in [-0.2, 0) is 4.79 Å². The molecule has 0 fully saturated rings. The van der Waals surface area contributed by atoms with E-state index in [1.165, 1.54) is 36.0 Å². The Morgan fingerprint density at radius 3 is 2.83 bits per heavy atom. The molecule has 2 rings (SSSR count). The zero-order chi connectivity index (χ0) is 13.1. The summed E-state index contributed by atoms with van der Waals surface area (Å²) < 4.78 is 0. The van der Waals surface area contributed by atoms with Crippen LogP contribution in [0.25, 0.3) is 0 Å². The van der Waals surface area contributed by atoms with Crippen LogP contribution in [0.1, 0.15) is 11.7 Å². The van der Waals surface area contributed by atoms with Gasteiger partial charge in [0.25, 0.3) is 5.69 Å². The molecule has 18 heavy (non-hydrogen) atoms. The Kier molecular flexibility index (Phi) is 3.78. The second-order valence-electron chi connectivity index (χ2n) is 3.91. The maximum Gasteiger partial charge on any atom is 0.275 e. The van der Waals surface area contributed by atoms with Gasteiger partial charge in [0.1, 0.15) is 0 Å². The number of nitrogens with zero attached hydrogens (tertiary/aromatic N) is 1. The van der Waals surface area contributed by atoms with Crippen LogP contribution in [0, 0.1) is 16.0 Å². The molecule has 6 heteroatoms. The van der Waals surface area contributed by atoms with Crippen molar-refractivity contribution in [1.82, 2.24) is 0 Å². The first-order chi connectivity index (χ1) is 8.61. The molecule has 0 saturated carbocycles. The number of aliphatic hydroxyl groups is 1. The Morgan fingerprint density at radius 1 is 1.44 bits per heavy atom. The highest BCUT2D eigenvalue weighted by atomic mass is 32.2. The lowest BCUT2D eigenvalue weighted by atomic mass is 9.92. The molecule has 0 spiro atoms. The molecule has 2 atom stereocenters. The van der Waals surface area contributed by atoms with Gasteiger partial charge in [-0.2, -0.15) is 0 Å². The average Bonchev–Trinajstić information content (AvgIpc) is 2.38. The summed E-state index contributed by atoms with van der Waals surface area (Å²) in [5.41, 5.74) is 0.0362. The van der Waals surface area contributed by atoms with Gasteiger partial charge in [0.15, 0.2) is 5.78 Å². The summed E-state index contributed by atoms with van der Waals surface area (Å²) in [4.78, 5) is 22.0. The van der Waals surface area contributed by atoms with E-state index in [9.17, 15) is 20.0 Å². The van der Waals surface area contributed by atoms with Gasteiger partial charge in [-0.05, 0) is 17.6 Å². The van der Waals surface area contributed by atoms with E-state index in [-0.39, 0.29) is 17.0 Å². The summed E-state index contributed by atoms with van der Waals surface area (Å²) in [6.45, 7) is 0. The SMILES string of the molecule is O=C1C=CSC[C@@H]1[C@@H](O)c1ccccc1[N+](=O)[O-]. The van der Waals surface area contributed by atoms with Crippen molar-refractivity contribution < 1.29 is 14.8 Å². The van der Waals surface area contributed by atoms with Crippen LogP contribution < -0.4 is 0 Å². The molecular formula is C12H11NO4S. The molecule has 0 aromatic heterocycles. The van der Waals surface area contributed by atoms with Crippen LogP contribution in [0.3, 0.4) is 0 Å². The molecule has 94 valence electrons. The quantitative estimate of drug-likeness (QED) is 0.668. The fourth-order valence-electron chi connectivity index (χ4n) is 1.85. The van der Waals surface area contributed by atoms with E-state index in [4.69, 9.17) is 0 Å². The second-order valence-corrected chi connectivity index (χ2v) is 4.84. The smallest absolute Gasteiger partial charge is 0.275 e. The van der Waals surface area contributed by atoms with Crippen molar-refractivity contribution in [3.8, 4) is 0 Å². The molecule has 1 aliphatic rings. The van der Waals surface area contributed by atoms with Crippen molar-refractivity contribution in [2.24, 2.45) is 5.92 Å². The van der Waals surface area contributed by atoms with Crippen LogP contribution in [0.15, 0.2) is 35.7 Å². The molecule has 1 aromatic rings. The zero-order valence-electron chi connectivity index (χ0n) is 9.35. The topological polar surface area (TPSA) is 80.4 Å². The maximum atomic E-state index is 11.7. The normalized spacial score (nSPS) is 20.7. The minimum Gasteiger partial charge on any atom is -0.387 e. The lowest BCUT2D eigenvalue weighted by Gasteiger charge is -2.22. The monoisotopic (exact) mass is 265 g/mol. The first-order valence-electron chi connectivity index (χ1n) is 5.34. The molecule has 0 aliphatic carbocycles. The van der Waals surface area contributed by atoms with Crippen molar-refractivity contribution in [3.05, 3.63) is 51.4 Å². The number of aliphatic hydroxyl groups excluding tert-OH is 1. The number of carbonyl (C=O) groups excluding carboxylic acids is 1. The second kappa shape index (κ2) is 5.32. The van der Waals surface area contributed by atoms with Crippen molar-refractivity contribution in [1.29, 1.82) is 0 Å². The minimum atomic E-state index is -1.14. The van der Waals surface area contributed by atoms with Gasteiger partial charge in [0.05, 0.1) is 22.5 Å². The lowest BCUT2D eigenvalue weighted by Crippen LogP contribution is -2.25. The number of benzene rings is 1. The first-order valence-corrected chi connectivity index (χ1v) is 6.39. The summed E-state index contributed by atoms with van der Waals surface area (Å²) >= 11 is 1.41. The Labute approximate surface area is 108 Å². The molecule has 0 unspecified atom stereocenters. The maximum absolute atomic E-state index is 11.7. The molecule has 0 saturated heterocycles. The molecular weight excluding hydrogens is 254 g/mol. The van der Waals surface area contributed by atoms with E-state index in [2.05, 4.69) is 0 Å². The lowest BCUT2D eigenvalue weighted by molar-refractivity contribution is -0.386. The molecule has 1 heterocycles. The Morgan fingerprint density at radius 2 is 2.17 bits per heavy atom. The number of ketones is 1. The summed E-state index contributed by atoms with van der Waals surface area (Å²) in [5, 5.41) is 22.7. The molecule has 0 radical (unpaired) electrons. The summed E-state index contributed by atoms with van der Waals surface area (Å²) in [6, 6.07) is 5.96. The number of allylic oxidation sites excluding steroid dienone is 1. The van der Waals surface area contributed by atoms with Crippen molar-refractivity contribution in [2.75, 3.05) is 5.75 Å². The highest BCUT2D eigenvalue weighted by molar-refractivity contribution is 8.02. The highest BCUT2D eigenvalue weighted by Gasteiger charge is 2.32. The third kappa shape index (κ3) is 2.44. The fraction of sp³-hybridized carbons (Fsp3) is 0.250. The number of nitro benzene ring substituents is 1. The van der Waals surface area contributed by atoms with E-state index in [0.717, 1.165) is 0 Å². The van der Waals surface area contributed by atoms with Gasteiger partial charge >= 0.3 is 0 Å². The number of nitro groups is 1. The van der Waals surface area contributed by atoms with Gasteiger partial charge in [-0.1, -0.05) is 12.1 Å². The van der Waals surface area contributed by atoms with Gasteiger partial charge in [-0.25, -0.2) is 0 Å². The first kappa shape index (κ1) is 12.8. The van der Waals surface area contributed by atoms with Crippen LogP contribution in [0.4, 0.5) is 5.69 Å². The van der Waals surface area contributed by atoms with Gasteiger partial charge < -0.3 is 5.11 Å². The minimum absolute atomic E-state index is 0.155. The number of carbonyl (C=O) groups is 1. The van der Waals surface area contributed by atoms with E-state index < -0.39 is 16.9 Å². The van der Waals surface area contributed by atoms with Gasteiger partial charge in [0, 0.05) is 11.8 Å². The van der Waals surface area contributed by atoms with E-state index >= 15 is 0 Å². The van der Waals surface area contributed by atoms with Gasteiger partial charge in [-0.15, -0.1) is 11.8 Å².